The van der Waals surface area contributed by atoms with E-state index in [1.165, 1.54) is 6.07 Å². The first-order chi connectivity index (χ1) is 8.14. The SMILES string of the molecule is CC(C)(C)C(=O)C(F)C(=O)c1ccc(Br)cc1Br. The van der Waals surface area contributed by atoms with Crippen LogP contribution in [0.25, 0.3) is 0 Å². The van der Waals surface area contributed by atoms with Crippen molar-refractivity contribution >= 4 is 43.4 Å². The van der Waals surface area contributed by atoms with Crippen molar-refractivity contribution in [2.45, 2.75) is 26.9 Å². The van der Waals surface area contributed by atoms with E-state index in [-0.39, 0.29) is 5.56 Å². The van der Waals surface area contributed by atoms with Gasteiger partial charge in [-0.05, 0) is 18.2 Å². The van der Waals surface area contributed by atoms with Crippen LogP contribution in [-0.4, -0.2) is 17.7 Å². The number of Topliss-reactive ketones (excluding diaryl/α,β-unsaturated/α-hetero) is 2. The monoisotopic (exact) mass is 378 g/mol. The molecule has 0 N–H and O–H groups in total. The topological polar surface area (TPSA) is 34.1 Å². The molecule has 0 fully saturated rings. The smallest absolute Gasteiger partial charge is 0.221 e. The van der Waals surface area contributed by atoms with Gasteiger partial charge in [-0.3, -0.25) is 9.59 Å². The third kappa shape index (κ3) is 3.48. The van der Waals surface area contributed by atoms with E-state index in [2.05, 4.69) is 31.9 Å². The average molecular weight is 380 g/mol. The van der Waals surface area contributed by atoms with Crippen LogP contribution in [0.3, 0.4) is 0 Å². The van der Waals surface area contributed by atoms with Crippen LogP contribution < -0.4 is 0 Å². The number of hydrogen-bond acceptors (Lipinski definition) is 2. The van der Waals surface area contributed by atoms with Crippen molar-refractivity contribution in [1.82, 2.24) is 0 Å². The van der Waals surface area contributed by atoms with Crippen molar-refractivity contribution in [3.8, 4) is 0 Å². The van der Waals surface area contributed by atoms with Crippen molar-refractivity contribution < 1.29 is 14.0 Å². The maximum absolute atomic E-state index is 13.9. The molecule has 0 bridgehead atoms. The number of hydrogen-bond donors (Lipinski definition) is 0. The molecule has 0 radical (unpaired) electrons. The Morgan fingerprint density at radius 3 is 2.22 bits per heavy atom. The second kappa shape index (κ2) is 5.61. The molecule has 0 saturated heterocycles. The zero-order chi connectivity index (χ0) is 14.1. The first kappa shape index (κ1) is 15.5. The molecule has 0 heterocycles. The average Bonchev–Trinajstić information content (AvgIpc) is 2.25. The Morgan fingerprint density at radius 2 is 1.78 bits per heavy atom. The summed E-state index contributed by atoms with van der Waals surface area (Å²) >= 11 is 6.43. The summed E-state index contributed by atoms with van der Waals surface area (Å²) in [5.74, 6) is -1.52. The molecule has 1 aromatic rings. The molecule has 0 aliphatic carbocycles. The first-order valence-electron chi connectivity index (χ1n) is 5.32. The normalized spacial score (nSPS) is 13.2. The van der Waals surface area contributed by atoms with E-state index < -0.39 is 23.2 Å². The fraction of sp³-hybridized carbons (Fsp3) is 0.385. The fourth-order valence-electron chi connectivity index (χ4n) is 1.33. The molecule has 1 atom stereocenters. The summed E-state index contributed by atoms with van der Waals surface area (Å²) in [6.07, 6.45) is -2.12. The predicted molar refractivity (Wildman–Crippen MR) is 75.5 cm³/mol. The van der Waals surface area contributed by atoms with Gasteiger partial charge in [0.15, 0.2) is 5.78 Å². The molecule has 2 nitrogen and oxygen atoms in total. The summed E-state index contributed by atoms with van der Waals surface area (Å²) in [6, 6.07) is 4.76. The Balaban J connectivity index is 3.04. The molecule has 0 aliphatic heterocycles. The van der Waals surface area contributed by atoms with Gasteiger partial charge in [-0.1, -0.05) is 52.6 Å². The molecule has 0 aliphatic rings. The number of carbonyl (C=O) groups is 2. The van der Waals surface area contributed by atoms with Crippen LogP contribution in [0, 0.1) is 5.41 Å². The number of alkyl halides is 1. The molecule has 0 amide bonds. The van der Waals surface area contributed by atoms with Gasteiger partial charge in [0.25, 0.3) is 0 Å². The van der Waals surface area contributed by atoms with E-state index in [1.807, 2.05) is 0 Å². The Kier molecular flexibility index (Phi) is 4.84. The molecular weight excluding hydrogens is 367 g/mol. The third-order valence-electron chi connectivity index (χ3n) is 2.40. The van der Waals surface area contributed by atoms with Crippen molar-refractivity contribution in [2.24, 2.45) is 5.41 Å². The number of rotatable bonds is 3. The second-order valence-electron chi connectivity index (χ2n) is 4.97. The van der Waals surface area contributed by atoms with E-state index in [9.17, 15) is 14.0 Å². The minimum Gasteiger partial charge on any atom is -0.295 e. The van der Waals surface area contributed by atoms with Gasteiger partial charge in [-0.15, -0.1) is 0 Å². The molecule has 0 aromatic heterocycles. The van der Waals surface area contributed by atoms with Gasteiger partial charge in [-0.25, -0.2) is 4.39 Å². The van der Waals surface area contributed by atoms with Crippen LogP contribution in [-0.2, 0) is 4.79 Å². The summed E-state index contributed by atoms with van der Waals surface area (Å²) in [6.45, 7) is 4.77. The van der Waals surface area contributed by atoms with Gasteiger partial charge >= 0.3 is 0 Å². The molecule has 0 spiro atoms. The Bertz CT molecular complexity index is 492. The van der Waals surface area contributed by atoms with Gasteiger partial charge in [0.05, 0.1) is 0 Å². The van der Waals surface area contributed by atoms with E-state index >= 15 is 0 Å². The largest absolute Gasteiger partial charge is 0.295 e. The lowest BCUT2D eigenvalue weighted by Gasteiger charge is -2.19. The molecule has 18 heavy (non-hydrogen) atoms. The van der Waals surface area contributed by atoms with Gasteiger partial charge in [-0.2, -0.15) is 0 Å². The second-order valence-corrected chi connectivity index (χ2v) is 6.74. The third-order valence-corrected chi connectivity index (χ3v) is 3.55. The van der Waals surface area contributed by atoms with Crippen LogP contribution in [0.4, 0.5) is 4.39 Å². The predicted octanol–water partition coefficient (Wildman–Crippen LogP) is 4.35. The maximum Gasteiger partial charge on any atom is 0.221 e. The van der Waals surface area contributed by atoms with Gasteiger partial charge in [0.2, 0.25) is 12.0 Å². The molecule has 1 unspecified atom stereocenters. The van der Waals surface area contributed by atoms with Crippen LogP contribution >= 0.6 is 31.9 Å². The highest BCUT2D eigenvalue weighted by Crippen LogP contribution is 2.26. The summed E-state index contributed by atoms with van der Waals surface area (Å²) < 4.78 is 15.2. The summed E-state index contributed by atoms with van der Waals surface area (Å²) in [4.78, 5) is 23.7. The highest BCUT2D eigenvalue weighted by atomic mass is 79.9. The first-order valence-corrected chi connectivity index (χ1v) is 6.91. The van der Waals surface area contributed by atoms with Gasteiger partial charge in [0, 0.05) is 19.9 Å². The van der Waals surface area contributed by atoms with Crippen molar-refractivity contribution in [3.63, 3.8) is 0 Å². The molecule has 5 heteroatoms. The Hall–Kier alpha value is -0.550. The highest BCUT2D eigenvalue weighted by molar-refractivity contribution is 9.11. The summed E-state index contributed by atoms with van der Waals surface area (Å²) in [5, 5.41) is 0. The summed E-state index contributed by atoms with van der Waals surface area (Å²) in [5.41, 5.74) is -0.708. The van der Waals surface area contributed by atoms with E-state index in [0.717, 1.165) is 4.47 Å². The summed E-state index contributed by atoms with van der Waals surface area (Å²) in [7, 11) is 0. The number of benzene rings is 1. The highest BCUT2D eigenvalue weighted by Gasteiger charge is 2.35. The minimum atomic E-state index is -2.12. The number of carbonyl (C=O) groups excluding carboxylic acids is 2. The lowest BCUT2D eigenvalue weighted by atomic mass is 9.86. The molecule has 98 valence electrons. The van der Waals surface area contributed by atoms with Gasteiger partial charge < -0.3 is 0 Å². The number of halogens is 3. The van der Waals surface area contributed by atoms with Crippen molar-refractivity contribution in [3.05, 3.63) is 32.7 Å². The molecular formula is C13H13Br2FO2. The lowest BCUT2D eigenvalue weighted by Crippen LogP contribution is -2.35. The maximum atomic E-state index is 13.9. The van der Waals surface area contributed by atoms with E-state index in [0.29, 0.717) is 4.47 Å². The minimum absolute atomic E-state index is 0.170. The van der Waals surface area contributed by atoms with Crippen molar-refractivity contribution in [1.29, 1.82) is 0 Å². The molecule has 1 rings (SSSR count). The fourth-order valence-corrected chi connectivity index (χ4v) is 2.57. The quantitative estimate of drug-likeness (QED) is 0.578. The van der Waals surface area contributed by atoms with Crippen LogP contribution in [0.15, 0.2) is 27.1 Å². The zero-order valence-electron chi connectivity index (χ0n) is 10.3. The van der Waals surface area contributed by atoms with E-state index in [4.69, 9.17) is 0 Å². The van der Waals surface area contributed by atoms with Gasteiger partial charge in [0.1, 0.15) is 0 Å². The zero-order valence-corrected chi connectivity index (χ0v) is 13.4. The van der Waals surface area contributed by atoms with E-state index in [1.54, 1.807) is 32.9 Å². The Morgan fingerprint density at radius 1 is 1.22 bits per heavy atom. The molecule has 0 saturated carbocycles. The lowest BCUT2D eigenvalue weighted by molar-refractivity contribution is -0.129. The van der Waals surface area contributed by atoms with Crippen LogP contribution in [0.5, 0.6) is 0 Å². The standard InChI is InChI=1S/C13H13Br2FO2/c1-13(2,3)12(18)10(16)11(17)8-5-4-7(14)6-9(8)15/h4-6,10H,1-3H3. The number of ketones is 2. The van der Waals surface area contributed by atoms with Crippen molar-refractivity contribution in [2.75, 3.05) is 0 Å². The van der Waals surface area contributed by atoms with Crippen LogP contribution in [0.2, 0.25) is 0 Å². The Labute approximate surface area is 122 Å². The molecule has 1 aromatic carbocycles. The van der Waals surface area contributed by atoms with Crippen LogP contribution in [0.1, 0.15) is 31.1 Å².